The van der Waals surface area contributed by atoms with Crippen LogP contribution < -0.4 is 9.47 Å². The quantitative estimate of drug-likeness (QED) is 0.703. The number of rotatable bonds is 6. The van der Waals surface area contributed by atoms with Crippen molar-refractivity contribution in [2.45, 2.75) is 13.3 Å². The van der Waals surface area contributed by atoms with E-state index in [9.17, 15) is 0 Å². The van der Waals surface area contributed by atoms with E-state index in [1.807, 2.05) is 0 Å². The number of aromatic nitrogens is 1. The van der Waals surface area contributed by atoms with Gasteiger partial charge in [0.05, 0.1) is 13.7 Å². The first-order valence-corrected chi connectivity index (χ1v) is 5.52. The van der Waals surface area contributed by atoms with Gasteiger partial charge < -0.3 is 9.47 Å². The third-order valence-corrected chi connectivity index (χ3v) is 2.64. The summed E-state index contributed by atoms with van der Waals surface area (Å²) in [6.07, 6.45) is 2.67. The van der Waals surface area contributed by atoms with Gasteiger partial charge in [-0.05, 0) is 12.5 Å². The highest BCUT2D eigenvalue weighted by Gasteiger charge is 2.06. The summed E-state index contributed by atoms with van der Waals surface area (Å²) in [6.45, 7) is 2.69. The first-order chi connectivity index (χ1) is 7.30. The van der Waals surface area contributed by atoms with Crippen molar-refractivity contribution in [3.05, 3.63) is 18.3 Å². The number of halogens is 1. The Morgan fingerprint density at radius 3 is 2.93 bits per heavy atom. The lowest BCUT2D eigenvalue weighted by Gasteiger charge is -2.12. The molecule has 1 aromatic heterocycles. The highest BCUT2D eigenvalue weighted by molar-refractivity contribution is 6.18. The summed E-state index contributed by atoms with van der Waals surface area (Å²) < 4.78 is 10.6. The van der Waals surface area contributed by atoms with Gasteiger partial charge in [-0.3, -0.25) is 0 Å². The third-order valence-electron chi connectivity index (χ3n) is 2.20. The maximum absolute atomic E-state index is 5.77. The average molecular weight is 230 g/mol. The van der Waals surface area contributed by atoms with Crippen molar-refractivity contribution in [1.82, 2.24) is 4.98 Å². The Morgan fingerprint density at radius 2 is 2.33 bits per heavy atom. The molecular weight excluding hydrogens is 214 g/mol. The van der Waals surface area contributed by atoms with Gasteiger partial charge in [-0.25, -0.2) is 4.98 Å². The van der Waals surface area contributed by atoms with Crippen LogP contribution in [0.3, 0.4) is 0 Å². The number of hydrogen-bond acceptors (Lipinski definition) is 3. The van der Waals surface area contributed by atoms with Crippen molar-refractivity contribution in [3.63, 3.8) is 0 Å². The van der Waals surface area contributed by atoms with Crippen LogP contribution in [-0.2, 0) is 0 Å². The Bertz CT molecular complexity index is 290. The molecular formula is C11H16ClNO2. The first kappa shape index (κ1) is 12.1. The molecule has 0 amide bonds. The molecule has 0 spiro atoms. The first-order valence-electron chi connectivity index (χ1n) is 4.99. The number of pyridine rings is 1. The second-order valence-electron chi connectivity index (χ2n) is 3.27. The van der Waals surface area contributed by atoms with Crippen LogP contribution in [0.4, 0.5) is 0 Å². The van der Waals surface area contributed by atoms with Gasteiger partial charge in [-0.15, -0.1) is 11.6 Å². The van der Waals surface area contributed by atoms with E-state index in [0.717, 1.165) is 12.2 Å². The molecule has 0 N–H and O–H groups in total. The molecule has 84 valence electrons. The molecule has 3 nitrogen and oxygen atoms in total. The molecule has 15 heavy (non-hydrogen) atoms. The van der Waals surface area contributed by atoms with Crippen LogP contribution in [0.25, 0.3) is 0 Å². The molecule has 0 aromatic carbocycles. The molecule has 0 fully saturated rings. The van der Waals surface area contributed by atoms with Crippen LogP contribution in [0.15, 0.2) is 18.3 Å². The lowest BCUT2D eigenvalue weighted by molar-refractivity contribution is 0.248. The summed E-state index contributed by atoms with van der Waals surface area (Å²) in [5.74, 6) is 2.32. The Kier molecular flexibility index (Phi) is 5.26. The number of methoxy groups -OCH3 is 1. The van der Waals surface area contributed by atoms with E-state index in [1.54, 1.807) is 25.4 Å². The minimum absolute atomic E-state index is 0.375. The van der Waals surface area contributed by atoms with Gasteiger partial charge in [0.2, 0.25) is 5.88 Å². The minimum Gasteiger partial charge on any atom is -0.497 e. The Morgan fingerprint density at radius 1 is 1.53 bits per heavy atom. The van der Waals surface area contributed by atoms with E-state index in [2.05, 4.69) is 11.9 Å². The lowest BCUT2D eigenvalue weighted by atomic mass is 10.1. The molecule has 0 radical (unpaired) electrons. The highest BCUT2D eigenvalue weighted by Crippen LogP contribution is 2.17. The molecule has 1 heterocycles. The summed E-state index contributed by atoms with van der Waals surface area (Å²) in [5, 5.41) is 0. The molecule has 0 aliphatic carbocycles. The van der Waals surface area contributed by atoms with Crippen molar-refractivity contribution >= 4 is 11.6 Å². The maximum Gasteiger partial charge on any atom is 0.216 e. The van der Waals surface area contributed by atoms with E-state index in [1.165, 1.54) is 0 Å². The Balaban J connectivity index is 2.49. The number of hydrogen-bond donors (Lipinski definition) is 0. The normalized spacial score (nSPS) is 12.2. The second kappa shape index (κ2) is 6.51. The van der Waals surface area contributed by atoms with Crippen molar-refractivity contribution in [3.8, 4) is 11.6 Å². The zero-order valence-corrected chi connectivity index (χ0v) is 9.83. The van der Waals surface area contributed by atoms with Crippen molar-refractivity contribution < 1.29 is 9.47 Å². The van der Waals surface area contributed by atoms with Gasteiger partial charge in [0.15, 0.2) is 0 Å². The molecule has 1 unspecified atom stereocenters. The summed E-state index contributed by atoms with van der Waals surface area (Å²) in [6, 6.07) is 3.55. The van der Waals surface area contributed by atoms with Gasteiger partial charge in [0.1, 0.15) is 5.75 Å². The van der Waals surface area contributed by atoms with Crippen LogP contribution >= 0.6 is 11.6 Å². The number of ether oxygens (including phenoxy) is 2. The zero-order chi connectivity index (χ0) is 11.1. The molecule has 1 rings (SSSR count). The SMILES string of the molecule is CCC(CCl)COc1cc(OC)ccn1. The summed E-state index contributed by atoms with van der Waals surface area (Å²) in [4.78, 5) is 4.08. The maximum atomic E-state index is 5.77. The monoisotopic (exact) mass is 229 g/mol. The average Bonchev–Trinajstić information content (AvgIpc) is 2.31. The predicted octanol–water partition coefficient (Wildman–Crippen LogP) is 2.73. The van der Waals surface area contributed by atoms with Gasteiger partial charge in [0.25, 0.3) is 0 Å². The van der Waals surface area contributed by atoms with E-state index in [4.69, 9.17) is 21.1 Å². The van der Waals surface area contributed by atoms with Crippen molar-refractivity contribution in [2.75, 3.05) is 19.6 Å². The fraction of sp³-hybridized carbons (Fsp3) is 0.545. The smallest absolute Gasteiger partial charge is 0.216 e. The van der Waals surface area contributed by atoms with E-state index >= 15 is 0 Å². The van der Waals surface area contributed by atoms with Crippen LogP contribution in [0, 0.1) is 5.92 Å². The summed E-state index contributed by atoms with van der Waals surface area (Å²) in [5.41, 5.74) is 0. The molecule has 0 aliphatic rings. The Labute approximate surface area is 95.4 Å². The van der Waals surface area contributed by atoms with Gasteiger partial charge in [-0.1, -0.05) is 6.92 Å². The molecule has 4 heteroatoms. The number of alkyl halides is 1. The largest absolute Gasteiger partial charge is 0.497 e. The summed E-state index contributed by atoms with van der Waals surface area (Å²) in [7, 11) is 1.62. The summed E-state index contributed by atoms with van der Waals surface area (Å²) >= 11 is 5.77. The molecule has 0 bridgehead atoms. The van der Waals surface area contributed by atoms with E-state index in [0.29, 0.717) is 24.3 Å². The molecule has 0 aliphatic heterocycles. The van der Waals surface area contributed by atoms with Crippen LogP contribution in [0.5, 0.6) is 11.6 Å². The van der Waals surface area contributed by atoms with Gasteiger partial charge in [-0.2, -0.15) is 0 Å². The van der Waals surface area contributed by atoms with Crippen molar-refractivity contribution in [2.24, 2.45) is 5.92 Å². The van der Waals surface area contributed by atoms with E-state index < -0.39 is 0 Å². The van der Waals surface area contributed by atoms with Gasteiger partial charge >= 0.3 is 0 Å². The molecule has 1 aromatic rings. The highest BCUT2D eigenvalue weighted by atomic mass is 35.5. The second-order valence-corrected chi connectivity index (χ2v) is 3.58. The molecule has 1 atom stereocenters. The standard InChI is InChI=1S/C11H16ClNO2/c1-3-9(7-12)8-15-11-6-10(14-2)4-5-13-11/h4-6,9H,3,7-8H2,1-2H3. The lowest BCUT2D eigenvalue weighted by Crippen LogP contribution is -2.13. The van der Waals surface area contributed by atoms with Crippen molar-refractivity contribution in [1.29, 1.82) is 0 Å². The zero-order valence-electron chi connectivity index (χ0n) is 9.07. The molecule has 0 saturated heterocycles. The number of nitrogens with zero attached hydrogens (tertiary/aromatic N) is 1. The predicted molar refractivity (Wildman–Crippen MR) is 60.8 cm³/mol. The van der Waals surface area contributed by atoms with Crippen LogP contribution in [-0.4, -0.2) is 24.6 Å². The molecule has 0 saturated carbocycles. The van der Waals surface area contributed by atoms with Gasteiger partial charge in [0, 0.05) is 24.1 Å². The fourth-order valence-corrected chi connectivity index (χ4v) is 1.38. The fourth-order valence-electron chi connectivity index (χ4n) is 1.07. The minimum atomic E-state index is 0.375. The van der Waals surface area contributed by atoms with E-state index in [-0.39, 0.29) is 0 Å². The van der Waals surface area contributed by atoms with Crippen LogP contribution in [0.2, 0.25) is 0 Å². The third kappa shape index (κ3) is 3.96. The van der Waals surface area contributed by atoms with Crippen LogP contribution in [0.1, 0.15) is 13.3 Å². The topological polar surface area (TPSA) is 31.4 Å². The Hall–Kier alpha value is -0.960.